The zero-order valence-electron chi connectivity index (χ0n) is 10.8. The molecule has 1 aliphatic heterocycles. The Hall–Kier alpha value is -1.81. The Labute approximate surface area is 112 Å². The van der Waals surface area contributed by atoms with Gasteiger partial charge in [0.2, 0.25) is 0 Å². The minimum absolute atomic E-state index is 0.254. The van der Waals surface area contributed by atoms with Crippen molar-refractivity contribution in [1.82, 2.24) is 9.88 Å². The molecule has 1 radical (unpaired) electrons. The van der Waals surface area contributed by atoms with E-state index in [1.165, 1.54) is 12.8 Å². The maximum Gasteiger partial charge on any atom is 0.338 e. The molecule has 4 heteroatoms. The molecule has 2 aromatic rings. The van der Waals surface area contributed by atoms with Gasteiger partial charge in [0.15, 0.2) is 0 Å². The Morgan fingerprint density at radius 3 is 3.05 bits per heavy atom. The number of H-pyrrole nitrogens is 1. The second-order valence-electron chi connectivity index (χ2n) is 4.88. The minimum atomic E-state index is -0.254. The van der Waals surface area contributed by atoms with Crippen LogP contribution in [0.25, 0.3) is 10.9 Å². The fraction of sp³-hybridized carbons (Fsp3) is 0.400. The minimum Gasteiger partial charge on any atom is -0.461 e. The van der Waals surface area contributed by atoms with Crippen molar-refractivity contribution in [3.05, 3.63) is 36.0 Å². The summed E-state index contributed by atoms with van der Waals surface area (Å²) < 4.78 is 5.31. The molecule has 0 bridgehead atoms. The molecular formula is C15H17N2O2. The number of aromatic nitrogens is 1. The van der Waals surface area contributed by atoms with Gasteiger partial charge in [-0.2, -0.15) is 0 Å². The summed E-state index contributed by atoms with van der Waals surface area (Å²) in [5.41, 5.74) is 1.50. The summed E-state index contributed by atoms with van der Waals surface area (Å²) in [5.74, 6) is -0.254. The van der Waals surface area contributed by atoms with Crippen molar-refractivity contribution in [3.63, 3.8) is 0 Å². The largest absolute Gasteiger partial charge is 0.461 e. The number of esters is 1. The van der Waals surface area contributed by atoms with E-state index in [1.54, 1.807) is 12.3 Å². The SMILES string of the molecule is O=C(OCCN1CCCC1)c1ccc2[c]c[nH]c2c1. The average molecular weight is 257 g/mol. The molecule has 0 amide bonds. The number of aromatic amines is 1. The smallest absolute Gasteiger partial charge is 0.338 e. The third-order valence-corrected chi connectivity index (χ3v) is 3.55. The molecule has 3 rings (SSSR count). The van der Waals surface area contributed by atoms with Crippen LogP contribution in [0.1, 0.15) is 23.2 Å². The van der Waals surface area contributed by atoms with Crippen LogP contribution in [-0.4, -0.2) is 42.1 Å². The summed E-state index contributed by atoms with van der Waals surface area (Å²) >= 11 is 0. The van der Waals surface area contributed by atoms with Crippen LogP contribution in [0.15, 0.2) is 24.4 Å². The fourth-order valence-corrected chi connectivity index (χ4v) is 2.47. The number of likely N-dealkylation sites (tertiary alicyclic amines) is 1. The van der Waals surface area contributed by atoms with Crippen LogP contribution in [0.2, 0.25) is 0 Å². The lowest BCUT2D eigenvalue weighted by molar-refractivity contribution is 0.0472. The molecule has 1 fully saturated rings. The van der Waals surface area contributed by atoms with E-state index >= 15 is 0 Å². The first-order valence-corrected chi connectivity index (χ1v) is 6.71. The maximum atomic E-state index is 11.9. The normalized spacial score (nSPS) is 16.0. The highest BCUT2D eigenvalue weighted by Crippen LogP contribution is 2.14. The zero-order chi connectivity index (χ0) is 13.1. The van der Waals surface area contributed by atoms with E-state index in [-0.39, 0.29) is 5.97 Å². The molecule has 1 aliphatic rings. The highest BCUT2D eigenvalue weighted by molar-refractivity contribution is 5.94. The fourth-order valence-electron chi connectivity index (χ4n) is 2.47. The lowest BCUT2D eigenvalue weighted by Gasteiger charge is -2.14. The van der Waals surface area contributed by atoms with Crippen molar-refractivity contribution in [2.45, 2.75) is 12.8 Å². The molecule has 0 spiro atoms. The van der Waals surface area contributed by atoms with Crippen LogP contribution in [0.4, 0.5) is 0 Å². The van der Waals surface area contributed by atoms with E-state index in [4.69, 9.17) is 4.74 Å². The van der Waals surface area contributed by atoms with Gasteiger partial charge >= 0.3 is 5.97 Å². The number of carbonyl (C=O) groups excluding carboxylic acids is 1. The molecule has 0 unspecified atom stereocenters. The highest BCUT2D eigenvalue weighted by atomic mass is 16.5. The lowest BCUT2D eigenvalue weighted by atomic mass is 10.2. The molecule has 0 aliphatic carbocycles. The van der Waals surface area contributed by atoms with Gasteiger partial charge in [0.25, 0.3) is 0 Å². The Kier molecular flexibility index (Phi) is 3.51. The van der Waals surface area contributed by atoms with Crippen molar-refractivity contribution in [2.75, 3.05) is 26.2 Å². The standard InChI is InChI=1S/C15H17N2O2/c18-15(19-10-9-17-7-1-2-8-17)13-4-3-12-5-6-16-14(12)11-13/h3-4,6,11,16H,1-2,7-10H2. The van der Waals surface area contributed by atoms with Gasteiger partial charge in [0, 0.05) is 29.7 Å². The first kappa shape index (κ1) is 12.2. The van der Waals surface area contributed by atoms with Crippen molar-refractivity contribution < 1.29 is 9.53 Å². The summed E-state index contributed by atoms with van der Waals surface area (Å²) in [5, 5.41) is 0.980. The first-order chi connectivity index (χ1) is 9.33. The molecule has 1 saturated heterocycles. The average Bonchev–Trinajstić information content (AvgIpc) is 3.08. The van der Waals surface area contributed by atoms with E-state index in [1.807, 2.05) is 12.1 Å². The van der Waals surface area contributed by atoms with E-state index in [2.05, 4.69) is 16.0 Å². The predicted octanol–water partition coefficient (Wildman–Crippen LogP) is 2.22. The molecule has 0 saturated carbocycles. The molecule has 2 heterocycles. The topological polar surface area (TPSA) is 45.3 Å². The van der Waals surface area contributed by atoms with E-state index in [0.717, 1.165) is 30.5 Å². The number of rotatable bonds is 4. The highest BCUT2D eigenvalue weighted by Gasteiger charge is 2.13. The van der Waals surface area contributed by atoms with Crippen molar-refractivity contribution >= 4 is 16.9 Å². The van der Waals surface area contributed by atoms with E-state index in [0.29, 0.717) is 12.2 Å². The number of benzene rings is 1. The number of nitrogens with zero attached hydrogens (tertiary/aromatic N) is 1. The summed E-state index contributed by atoms with van der Waals surface area (Å²) in [4.78, 5) is 17.3. The number of carbonyl (C=O) groups is 1. The molecular weight excluding hydrogens is 240 g/mol. The van der Waals surface area contributed by atoms with Gasteiger partial charge < -0.3 is 9.72 Å². The van der Waals surface area contributed by atoms with Gasteiger partial charge in [0.05, 0.1) is 5.56 Å². The van der Waals surface area contributed by atoms with Crippen LogP contribution in [0.5, 0.6) is 0 Å². The van der Waals surface area contributed by atoms with Gasteiger partial charge in [-0.05, 0) is 38.1 Å². The molecule has 1 aromatic heterocycles. The van der Waals surface area contributed by atoms with Gasteiger partial charge in [-0.15, -0.1) is 0 Å². The number of ether oxygens (including phenoxy) is 1. The Bertz CT molecular complexity index is 570. The number of fused-ring (bicyclic) bond motifs is 1. The molecule has 99 valence electrons. The van der Waals surface area contributed by atoms with E-state index < -0.39 is 0 Å². The number of hydrogen-bond acceptors (Lipinski definition) is 3. The third kappa shape index (κ3) is 2.79. The quantitative estimate of drug-likeness (QED) is 0.854. The number of hydrogen-bond donors (Lipinski definition) is 1. The number of nitrogens with one attached hydrogen (secondary N) is 1. The van der Waals surface area contributed by atoms with Crippen LogP contribution < -0.4 is 0 Å². The second-order valence-corrected chi connectivity index (χ2v) is 4.88. The Morgan fingerprint density at radius 1 is 1.37 bits per heavy atom. The van der Waals surface area contributed by atoms with E-state index in [9.17, 15) is 4.79 Å². The second kappa shape index (κ2) is 5.45. The van der Waals surface area contributed by atoms with Crippen LogP contribution in [0, 0.1) is 6.07 Å². The van der Waals surface area contributed by atoms with Gasteiger partial charge in [-0.25, -0.2) is 4.79 Å². The predicted molar refractivity (Wildman–Crippen MR) is 73.1 cm³/mol. The van der Waals surface area contributed by atoms with Gasteiger partial charge in [-0.3, -0.25) is 4.90 Å². The van der Waals surface area contributed by atoms with Crippen LogP contribution in [-0.2, 0) is 4.74 Å². The first-order valence-electron chi connectivity index (χ1n) is 6.71. The summed E-state index contributed by atoms with van der Waals surface area (Å²) in [6, 6.07) is 8.52. The Morgan fingerprint density at radius 2 is 2.21 bits per heavy atom. The summed E-state index contributed by atoms with van der Waals surface area (Å²) in [6.45, 7) is 3.56. The molecule has 1 N–H and O–H groups in total. The maximum absolute atomic E-state index is 11.9. The van der Waals surface area contributed by atoms with Crippen LogP contribution >= 0.6 is 0 Å². The Balaban J connectivity index is 1.56. The van der Waals surface area contributed by atoms with Crippen LogP contribution in [0.3, 0.4) is 0 Å². The van der Waals surface area contributed by atoms with Gasteiger partial charge in [-0.1, -0.05) is 6.07 Å². The summed E-state index contributed by atoms with van der Waals surface area (Å²) in [7, 11) is 0. The van der Waals surface area contributed by atoms with Crippen molar-refractivity contribution in [3.8, 4) is 0 Å². The molecule has 1 aromatic carbocycles. The lowest BCUT2D eigenvalue weighted by Crippen LogP contribution is -2.25. The van der Waals surface area contributed by atoms with Crippen molar-refractivity contribution in [2.24, 2.45) is 0 Å². The monoisotopic (exact) mass is 257 g/mol. The summed E-state index contributed by atoms with van der Waals surface area (Å²) in [6.07, 6.45) is 4.26. The van der Waals surface area contributed by atoms with Gasteiger partial charge in [0.1, 0.15) is 6.61 Å². The molecule has 19 heavy (non-hydrogen) atoms. The zero-order valence-corrected chi connectivity index (χ0v) is 10.8. The molecule has 4 nitrogen and oxygen atoms in total. The van der Waals surface area contributed by atoms with Crippen molar-refractivity contribution in [1.29, 1.82) is 0 Å². The molecule has 0 atom stereocenters. The third-order valence-electron chi connectivity index (χ3n) is 3.55.